The van der Waals surface area contributed by atoms with Crippen LogP contribution in [0.4, 0.5) is 0 Å². The van der Waals surface area contributed by atoms with Crippen molar-refractivity contribution in [2.24, 2.45) is 5.92 Å². The Morgan fingerprint density at radius 2 is 0.815 bits per heavy atom. The molecule has 6 unspecified atom stereocenters. The molecule has 54 heavy (non-hydrogen) atoms. The Hall–Kier alpha value is -2.31. The molecule has 3 heterocycles. The second-order valence-corrected chi connectivity index (χ2v) is 14.9. The molecule has 0 bridgehead atoms. The molecule has 0 radical (unpaired) electrons. The number of nitrogens with one attached hydrogen (secondary N) is 3. The van der Waals surface area contributed by atoms with E-state index in [4.69, 9.17) is 14.2 Å². The molecule has 3 aromatic carbocycles. The minimum Gasteiger partial charge on any atom is -0.497 e. The lowest BCUT2D eigenvalue weighted by Crippen LogP contribution is -2.33. The maximum absolute atomic E-state index is 5.59. The summed E-state index contributed by atoms with van der Waals surface area (Å²) in [7, 11) is 5.31. The lowest BCUT2D eigenvalue weighted by molar-refractivity contribution is 0.316. The van der Waals surface area contributed by atoms with Crippen molar-refractivity contribution in [3.8, 4) is 17.2 Å². The van der Waals surface area contributed by atoms with Crippen LogP contribution in [0.1, 0.15) is 141 Å². The van der Waals surface area contributed by atoms with Gasteiger partial charge in [0.05, 0.1) is 21.3 Å². The fourth-order valence-corrected chi connectivity index (χ4v) is 8.68. The number of halogens is 3. The summed E-state index contributed by atoms with van der Waals surface area (Å²) in [4.78, 5) is 0. The summed E-state index contributed by atoms with van der Waals surface area (Å²) in [6.45, 7) is 10.1. The fourth-order valence-electron chi connectivity index (χ4n) is 8.68. The van der Waals surface area contributed by atoms with Gasteiger partial charge in [-0.05, 0) is 126 Å². The van der Waals surface area contributed by atoms with E-state index in [0.29, 0.717) is 41.8 Å². The predicted octanol–water partition coefficient (Wildman–Crippen LogP) is 7.88. The van der Waals surface area contributed by atoms with Gasteiger partial charge in [0.15, 0.2) is 0 Å². The van der Waals surface area contributed by atoms with Crippen LogP contribution in [-0.4, -0.2) is 57.4 Å². The summed E-state index contributed by atoms with van der Waals surface area (Å²) in [6.07, 6.45) is 9.85. The van der Waals surface area contributed by atoms with Gasteiger partial charge >= 0.3 is 0 Å². The van der Waals surface area contributed by atoms with Crippen LogP contribution in [0, 0.1) is 5.92 Å². The summed E-state index contributed by atoms with van der Waals surface area (Å²) in [5.41, 5.74) is 8.75. The molecular formula is C42H68Cl3N3O6. The summed E-state index contributed by atoms with van der Waals surface area (Å²) < 4.78 is 16.7. The SMILES string of the molecule is COc1ccc2c(c1)C(C)CNC2CCCCC(CCC1NCC(C)c2cc(OC)ccc21)CCC1NCC(C)c2cc(OC)ccc21.Cl.Cl.Cl.O.O.O. The van der Waals surface area contributed by atoms with Gasteiger partial charge in [-0.2, -0.15) is 0 Å². The van der Waals surface area contributed by atoms with E-state index in [1.165, 1.54) is 84.7 Å². The molecule has 12 heteroatoms. The predicted molar refractivity (Wildman–Crippen MR) is 229 cm³/mol. The molecule has 9 N–H and O–H groups in total. The average Bonchev–Trinajstić information content (AvgIpc) is 3.12. The Morgan fingerprint density at radius 3 is 1.15 bits per heavy atom. The molecule has 0 amide bonds. The summed E-state index contributed by atoms with van der Waals surface area (Å²) >= 11 is 0. The molecule has 0 aliphatic carbocycles. The van der Waals surface area contributed by atoms with Gasteiger partial charge in [-0.3, -0.25) is 0 Å². The van der Waals surface area contributed by atoms with Gasteiger partial charge in [0.25, 0.3) is 0 Å². The van der Waals surface area contributed by atoms with Crippen LogP contribution in [0.25, 0.3) is 0 Å². The second-order valence-electron chi connectivity index (χ2n) is 14.9. The largest absolute Gasteiger partial charge is 0.497 e. The van der Waals surface area contributed by atoms with Gasteiger partial charge in [-0.15, -0.1) is 37.2 Å². The van der Waals surface area contributed by atoms with Gasteiger partial charge in [-0.25, -0.2) is 0 Å². The van der Waals surface area contributed by atoms with Gasteiger partial charge in [0.2, 0.25) is 0 Å². The fraction of sp³-hybridized carbons (Fsp3) is 0.571. The van der Waals surface area contributed by atoms with Crippen molar-refractivity contribution in [2.75, 3.05) is 41.0 Å². The molecule has 308 valence electrons. The Kier molecular flexibility index (Phi) is 23.3. The molecule has 3 aromatic rings. The van der Waals surface area contributed by atoms with E-state index in [2.05, 4.69) is 91.3 Å². The number of hydrogen-bond donors (Lipinski definition) is 3. The van der Waals surface area contributed by atoms with E-state index >= 15 is 0 Å². The molecule has 9 nitrogen and oxygen atoms in total. The number of fused-ring (bicyclic) bond motifs is 3. The van der Waals surface area contributed by atoms with Gasteiger partial charge < -0.3 is 46.6 Å². The van der Waals surface area contributed by atoms with Gasteiger partial charge in [0.1, 0.15) is 17.2 Å². The number of hydrogen-bond acceptors (Lipinski definition) is 6. The number of methoxy groups -OCH3 is 3. The lowest BCUT2D eigenvalue weighted by atomic mass is 9.81. The van der Waals surface area contributed by atoms with Crippen LogP contribution in [0.15, 0.2) is 54.6 Å². The third-order valence-corrected chi connectivity index (χ3v) is 11.7. The Morgan fingerprint density at radius 1 is 0.481 bits per heavy atom. The molecule has 3 aliphatic rings. The van der Waals surface area contributed by atoms with Crippen LogP contribution < -0.4 is 30.2 Å². The molecule has 6 rings (SSSR count). The minimum atomic E-state index is 0. The number of benzene rings is 3. The van der Waals surface area contributed by atoms with Gasteiger partial charge in [0, 0.05) is 37.8 Å². The maximum Gasteiger partial charge on any atom is 0.119 e. The first-order valence-corrected chi connectivity index (χ1v) is 18.6. The molecular weight excluding hydrogens is 749 g/mol. The minimum absolute atomic E-state index is 0. The van der Waals surface area contributed by atoms with E-state index in [-0.39, 0.29) is 53.6 Å². The first kappa shape index (κ1) is 51.7. The second kappa shape index (κ2) is 24.4. The first-order chi connectivity index (χ1) is 23.4. The van der Waals surface area contributed by atoms with E-state index in [9.17, 15) is 0 Å². The monoisotopic (exact) mass is 815 g/mol. The number of ether oxygens (including phenoxy) is 3. The molecule has 0 saturated carbocycles. The van der Waals surface area contributed by atoms with Crippen LogP contribution in [0.5, 0.6) is 17.2 Å². The summed E-state index contributed by atoms with van der Waals surface area (Å²) in [6, 6.07) is 21.4. The molecule has 0 aromatic heterocycles. The van der Waals surface area contributed by atoms with E-state index < -0.39 is 0 Å². The normalized spacial score (nSPS) is 22.6. The van der Waals surface area contributed by atoms with Crippen molar-refractivity contribution in [2.45, 2.75) is 108 Å². The van der Waals surface area contributed by atoms with Crippen molar-refractivity contribution in [3.05, 3.63) is 88.0 Å². The van der Waals surface area contributed by atoms with E-state index in [1.807, 2.05) is 0 Å². The van der Waals surface area contributed by atoms with E-state index in [0.717, 1.165) is 36.9 Å². The first-order valence-electron chi connectivity index (χ1n) is 18.6. The molecule has 3 aliphatic heterocycles. The molecule has 0 saturated heterocycles. The zero-order valence-electron chi connectivity index (χ0n) is 33.0. The summed E-state index contributed by atoms with van der Waals surface area (Å²) in [5.74, 6) is 5.13. The zero-order chi connectivity index (χ0) is 33.6. The van der Waals surface area contributed by atoms with Crippen LogP contribution in [0.3, 0.4) is 0 Å². The number of rotatable bonds is 14. The smallest absolute Gasteiger partial charge is 0.119 e. The number of unbranched alkanes of at least 4 members (excludes halogenated alkanes) is 1. The van der Waals surface area contributed by atoms with E-state index in [1.54, 1.807) is 21.3 Å². The standard InChI is InChI=1S/C42H59N3O3.3ClH.3H2O/c1-27-24-43-40(34-16-13-31(46-4)21-37(27)34)10-8-7-9-30(11-19-41-35-17-14-32(47-5)22-38(35)28(2)25-44-41)12-20-42-36-18-15-33(48-6)23-39(36)29(3)26-45-42;;;;;;/h13-18,21-23,27-30,40-45H,7-12,19-20,24-26H2,1-6H3;3*1H;3*1H2. The third-order valence-electron chi connectivity index (χ3n) is 11.7. The van der Waals surface area contributed by atoms with Crippen LogP contribution in [0.2, 0.25) is 0 Å². The highest BCUT2D eigenvalue weighted by Crippen LogP contribution is 2.40. The average molecular weight is 817 g/mol. The zero-order valence-corrected chi connectivity index (χ0v) is 35.4. The van der Waals surface area contributed by atoms with Crippen LogP contribution in [-0.2, 0) is 0 Å². The topological polar surface area (TPSA) is 158 Å². The Bertz CT molecular complexity index is 1460. The van der Waals surface area contributed by atoms with Crippen molar-refractivity contribution >= 4 is 37.2 Å². The van der Waals surface area contributed by atoms with Crippen molar-refractivity contribution in [1.82, 2.24) is 16.0 Å². The quantitative estimate of drug-likeness (QED) is 0.141. The Labute approximate surface area is 342 Å². The van der Waals surface area contributed by atoms with Crippen LogP contribution >= 0.6 is 37.2 Å². The summed E-state index contributed by atoms with van der Waals surface area (Å²) in [5, 5.41) is 11.7. The molecule has 0 fully saturated rings. The highest BCUT2D eigenvalue weighted by Gasteiger charge is 2.29. The lowest BCUT2D eigenvalue weighted by Gasteiger charge is -2.34. The molecule has 0 spiro atoms. The maximum atomic E-state index is 5.59. The molecule has 6 atom stereocenters. The van der Waals surface area contributed by atoms with Crippen molar-refractivity contribution < 1.29 is 30.6 Å². The highest BCUT2D eigenvalue weighted by molar-refractivity contribution is 5.86. The van der Waals surface area contributed by atoms with Gasteiger partial charge in [-0.1, -0.05) is 58.2 Å². The Balaban J connectivity index is 0.00000468. The highest BCUT2D eigenvalue weighted by atomic mass is 35.5. The van der Waals surface area contributed by atoms with Crippen molar-refractivity contribution in [3.63, 3.8) is 0 Å². The van der Waals surface area contributed by atoms with Crippen molar-refractivity contribution in [1.29, 1.82) is 0 Å². The third kappa shape index (κ3) is 12.1.